The fourth-order valence-corrected chi connectivity index (χ4v) is 5.07. The highest BCUT2D eigenvalue weighted by Crippen LogP contribution is 2.29. The molecule has 0 amide bonds. The molecule has 4 heteroatoms. The van der Waals surface area contributed by atoms with Gasteiger partial charge in [-0.3, -0.25) is 0 Å². The number of hydrogen-bond donors (Lipinski definition) is 1. The minimum atomic E-state index is -1.56. The fourth-order valence-electron chi connectivity index (χ4n) is 3.04. The Kier molecular flexibility index (Phi) is 8.95. The number of rotatable bonds is 11. The van der Waals surface area contributed by atoms with Crippen LogP contribution in [0, 0.1) is 0 Å². The third-order valence-corrected chi connectivity index (χ3v) is 7.12. The summed E-state index contributed by atoms with van der Waals surface area (Å²) in [4.78, 5) is 0. The predicted molar refractivity (Wildman–Crippen MR) is 114 cm³/mol. The summed E-state index contributed by atoms with van der Waals surface area (Å²) in [6, 6.07) is 20.3. The Morgan fingerprint density at radius 3 is 1.96 bits per heavy atom. The molecule has 0 aliphatic heterocycles. The van der Waals surface area contributed by atoms with Gasteiger partial charge in [-0.1, -0.05) is 92.5 Å². The van der Waals surface area contributed by atoms with Crippen LogP contribution >= 0.6 is 0 Å². The third kappa shape index (κ3) is 7.81. The molecule has 0 aliphatic carbocycles. The zero-order chi connectivity index (χ0) is 19.5. The van der Waals surface area contributed by atoms with E-state index in [1.165, 1.54) is 5.56 Å². The average Bonchev–Trinajstić information content (AvgIpc) is 2.67. The van der Waals surface area contributed by atoms with E-state index in [0.717, 1.165) is 5.56 Å². The summed E-state index contributed by atoms with van der Waals surface area (Å²) in [7, 11) is -1.56. The van der Waals surface area contributed by atoms with Gasteiger partial charge in [0.1, 0.15) is 0 Å². The maximum atomic E-state index is 9.92. The van der Waals surface area contributed by atoms with E-state index in [9.17, 15) is 5.11 Å². The Balaban J connectivity index is 1.89. The van der Waals surface area contributed by atoms with E-state index in [1.54, 1.807) is 0 Å². The minimum absolute atomic E-state index is 0.0248. The van der Waals surface area contributed by atoms with Crippen LogP contribution in [0.25, 0.3) is 0 Å². The smallest absolute Gasteiger partial charge is 0.0848 e. The topological polar surface area (TPSA) is 38.7 Å². The quantitative estimate of drug-likeness (QED) is 0.335. The van der Waals surface area contributed by atoms with E-state index in [1.807, 2.05) is 48.5 Å². The van der Waals surface area contributed by atoms with Crippen molar-refractivity contribution in [2.75, 3.05) is 13.2 Å². The van der Waals surface area contributed by atoms with Crippen LogP contribution in [0.2, 0.25) is 25.2 Å². The highest BCUT2D eigenvalue weighted by molar-refractivity contribution is 6.78. The van der Waals surface area contributed by atoms with Crippen LogP contribution in [0.3, 0.4) is 0 Å². The van der Waals surface area contributed by atoms with Crippen LogP contribution in [0.15, 0.2) is 72.8 Å². The Morgan fingerprint density at radius 2 is 1.44 bits per heavy atom. The third-order valence-electron chi connectivity index (χ3n) is 4.56. The first-order valence-corrected chi connectivity index (χ1v) is 13.1. The van der Waals surface area contributed by atoms with E-state index >= 15 is 0 Å². The molecule has 146 valence electrons. The lowest BCUT2D eigenvalue weighted by Crippen LogP contribution is -2.38. The SMILES string of the molecule is C[Si](C)(C)[C@@H](/C=C/COCc1ccccc1)[C@@H](CO)OCc1ccccc1. The van der Waals surface area contributed by atoms with Crippen LogP contribution in [-0.2, 0) is 22.7 Å². The van der Waals surface area contributed by atoms with E-state index < -0.39 is 8.07 Å². The lowest BCUT2D eigenvalue weighted by Gasteiger charge is -2.33. The van der Waals surface area contributed by atoms with Crippen molar-refractivity contribution in [3.63, 3.8) is 0 Å². The lowest BCUT2D eigenvalue weighted by molar-refractivity contribution is 0.00368. The van der Waals surface area contributed by atoms with Crippen LogP contribution in [0.5, 0.6) is 0 Å². The molecule has 0 saturated carbocycles. The zero-order valence-electron chi connectivity index (χ0n) is 16.7. The average molecular weight is 385 g/mol. The van der Waals surface area contributed by atoms with E-state index in [0.29, 0.717) is 19.8 Å². The van der Waals surface area contributed by atoms with Gasteiger partial charge in [0.2, 0.25) is 0 Å². The highest BCUT2D eigenvalue weighted by atomic mass is 28.3. The summed E-state index contributed by atoms with van der Waals surface area (Å²) in [6.45, 7) is 8.63. The van der Waals surface area contributed by atoms with Crippen molar-refractivity contribution in [3.8, 4) is 0 Å². The number of aliphatic hydroxyl groups is 1. The summed E-state index contributed by atoms with van der Waals surface area (Å²) in [5, 5.41) is 9.92. The Hall–Kier alpha value is -1.72. The van der Waals surface area contributed by atoms with Crippen molar-refractivity contribution in [3.05, 3.63) is 83.9 Å². The largest absolute Gasteiger partial charge is 0.394 e. The van der Waals surface area contributed by atoms with Crippen molar-refractivity contribution in [1.29, 1.82) is 0 Å². The summed E-state index contributed by atoms with van der Waals surface area (Å²) in [5.41, 5.74) is 2.53. The summed E-state index contributed by atoms with van der Waals surface area (Å²) in [6.07, 6.45) is 4.06. The molecule has 2 atom stereocenters. The molecule has 0 saturated heterocycles. The van der Waals surface area contributed by atoms with Crippen molar-refractivity contribution in [1.82, 2.24) is 0 Å². The first-order valence-electron chi connectivity index (χ1n) is 9.55. The minimum Gasteiger partial charge on any atom is -0.394 e. The molecule has 0 aromatic heterocycles. The van der Waals surface area contributed by atoms with Crippen molar-refractivity contribution in [2.24, 2.45) is 0 Å². The van der Waals surface area contributed by atoms with Gasteiger partial charge in [-0.05, 0) is 11.1 Å². The molecule has 0 aliphatic rings. The maximum absolute atomic E-state index is 9.92. The summed E-state index contributed by atoms with van der Waals surface area (Å²) < 4.78 is 11.8. The first kappa shape index (κ1) is 21.6. The van der Waals surface area contributed by atoms with Crippen LogP contribution in [0.1, 0.15) is 11.1 Å². The molecule has 3 nitrogen and oxygen atoms in total. The number of ether oxygens (including phenoxy) is 2. The molecule has 0 spiro atoms. The standard InChI is InChI=1S/C23H32O3Si/c1-27(2,3)23(15-10-16-25-18-20-11-6-4-7-12-20)22(17-24)26-19-21-13-8-5-9-14-21/h4-15,22-24H,16-19H2,1-3H3/b15-10+/t22-,23+/m1/s1. The molecule has 0 fully saturated rings. The van der Waals surface area contributed by atoms with E-state index in [4.69, 9.17) is 9.47 Å². The van der Waals surface area contributed by atoms with Gasteiger partial charge >= 0.3 is 0 Å². The van der Waals surface area contributed by atoms with E-state index in [-0.39, 0.29) is 18.3 Å². The van der Waals surface area contributed by atoms with Gasteiger partial charge in [0.25, 0.3) is 0 Å². The van der Waals surface area contributed by atoms with Gasteiger partial charge in [0.15, 0.2) is 0 Å². The summed E-state index contributed by atoms with van der Waals surface area (Å²) in [5.74, 6) is 0. The second kappa shape index (κ2) is 11.2. The van der Waals surface area contributed by atoms with Crippen molar-refractivity contribution >= 4 is 8.07 Å². The molecule has 27 heavy (non-hydrogen) atoms. The Morgan fingerprint density at radius 1 is 0.889 bits per heavy atom. The molecule has 0 unspecified atom stereocenters. The predicted octanol–water partition coefficient (Wildman–Crippen LogP) is 5.05. The van der Waals surface area contributed by atoms with E-state index in [2.05, 4.69) is 43.9 Å². The van der Waals surface area contributed by atoms with Crippen LogP contribution in [-0.4, -0.2) is 32.5 Å². The van der Waals surface area contributed by atoms with Crippen molar-refractivity contribution in [2.45, 2.75) is 44.5 Å². The van der Waals surface area contributed by atoms with Gasteiger partial charge in [0.05, 0.1) is 40.6 Å². The number of hydrogen-bond acceptors (Lipinski definition) is 3. The van der Waals surface area contributed by atoms with Gasteiger partial charge in [-0.25, -0.2) is 0 Å². The van der Waals surface area contributed by atoms with Gasteiger partial charge in [-0.2, -0.15) is 0 Å². The van der Waals surface area contributed by atoms with Gasteiger partial charge in [-0.15, -0.1) is 0 Å². The molecule has 1 N–H and O–H groups in total. The highest BCUT2D eigenvalue weighted by Gasteiger charge is 2.32. The fraction of sp³-hybridized carbons (Fsp3) is 0.391. The second-order valence-corrected chi connectivity index (χ2v) is 13.2. The van der Waals surface area contributed by atoms with Gasteiger partial charge in [0, 0.05) is 5.54 Å². The monoisotopic (exact) mass is 384 g/mol. The molecule has 0 bridgehead atoms. The van der Waals surface area contributed by atoms with Crippen molar-refractivity contribution < 1.29 is 14.6 Å². The lowest BCUT2D eigenvalue weighted by atomic mass is 10.2. The van der Waals surface area contributed by atoms with Crippen LogP contribution < -0.4 is 0 Å². The molecule has 2 aromatic carbocycles. The molecule has 2 rings (SSSR count). The number of benzene rings is 2. The number of aliphatic hydroxyl groups excluding tert-OH is 1. The Bertz CT molecular complexity index is 665. The molecule has 2 aromatic rings. The normalized spacial score (nSPS) is 14.4. The molecule has 0 heterocycles. The zero-order valence-corrected chi connectivity index (χ0v) is 17.7. The Labute approximate surface area is 164 Å². The van der Waals surface area contributed by atoms with Crippen LogP contribution in [0.4, 0.5) is 0 Å². The summed E-state index contributed by atoms with van der Waals surface area (Å²) >= 11 is 0. The molecule has 0 radical (unpaired) electrons. The first-order chi connectivity index (χ1) is 13.0. The molecular formula is C23H32O3Si. The second-order valence-electron chi connectivity index (χ2n) is 7.84. The molecular weight excluding hydrogens is 352 g/mol. The maximum Gasteiger partial charge on any atom is 0.0848 e. The van der Waals surface area contributed by atoms with Gasteiger partial charge < -0.3 is 14.6 Å².